The minimum Gasteiger partial charge on any atom is -0.0602 e. The molecule has 0 aromatic carbocycles. The van der Waals surface area contributed by atoms with E-state index in [9.17, 15) is 0 Å². The molecule has 4 unspecified atom stereocenters. The van der Waals surface area contributed by atoms with Crippen molar-refractivity contribution < 1.29 is 0 Å². The zero-order chi connectivity index (χ0) is 10.6. The van der Waals surface area contributed by atoms with Crippen LogP contribution in [0.1, 0.15) is 59.3 Å². The predicted molar refractivity (Wildman–Crippen MR) is 64.6 cm³/mol. The SMILES string of the molecule is CC(C)(C)CC1C2CCC3CC2CCC31. The van der Waals surface area contributed by atoms with Gasteiger partial charge in [0.1, 0.15) is 0 Å². The van der Waals surface area contributed by atoms with E-state index in [0.717, 1.165) is 29.6 Å². The Hall–Kier alpha value is 0. The van der Waals surface area contributed by atoms with Crippen molar-refractivity contribution in [3.8, 4) is 0 Å². The van der Waals surface area contributed by atoms with Crippen molar-refractivity contribution in [1.29, 1.82) is 0 Å². The van der Waals surface area contributed by atoms with Gasteiger partial charge in [-0.15, -0.1) is 0 Å². The quantitative estimate of drug-likeness (QED) is 0.593. The van der Waals surface area contributed by atoms with Gasteiger partial charge in [0.25, 0.3) is 0 Å². The molecular formula is C15H26. The van der Waals surface area contributed by atoms with Gasteiger partial charge < -0.3 is 0 Å². The van der Waals surface area contributed by atoms with Crippen LogP contribution >= 0.6 is 0 Å². The molecule has 5 aliphatic rings. The van der Waals surface area contributed by atoms with E-state index in [1.54, 1.807) is 32.1 Å². The highest BCUT2D eigenvalue weighted by molar-refractivity contribution is 5.01. The van der Waals surface area contributed by atoms with Crippen molar-refractivity contribution in [2.45, 2.75) is 59.3 Å². The summed E-state index contributed by atoms with van der Waals surface area (Å²) < 4.78 is 0. The first-order valence-corrected chi connectivity index (χ1v) is 7.04. The smallest absolute Gasteiger partial charge is 0.0347 e. The summed E-state index contributed by atoms with van der Waals surface area (Å²) in [6.45, 7) is 7.30. The molecule has 5 fully saturated rings. The van der Waals surface area contributed by atoms with E-state index in [1.807, 2.05) is 0 Å². The molecule has 5 saturated carbocycles. The van der Waals surface area contributed by atoms with Crippen LogP contribution in [0.15, 0.2) is 0 Å². The number of rotatable bonds is 1. The molecule has 0 aromatic heterocycles. The van der Waals surface area contributed by atoms with Gasteiger partial charge in [-0.1, -0.05) is 20.8 Å². The summed E-state index contributed by atoms with van der Waals surface area (Å²) in [5, 5.41) is 0. The molecule has 0 nitrogen and oxygen atoms in total. The van der Waals surface area contributed by atoms with Gasteiger partial charge in [0.05, 0.1) is 0 Å². The van der Waals surface area contributed by atoms with Crippen molar-refractivity contribution in [1.82, 2.24) is 0 Å². The maximum atomic E-state index is 2.43. The molecule has 0 heteroatoms. The Bertz CT molecular complexity index is 229. The normalized spacial score (nSPS) is 48.6. The third-order valence-corrected chi connectivity index (χ3v) is 5.51. The van der Waals surface area contributed by atoms with Crippen LogP contribution in [0.4, 0.5) is 0 Å². The Morgan fingerprint density at radius 1 is 0.867 bits per heavy atom. The summed E-state index contributed by atoms with van der Waals surface area (Å²) in [6, 6.07) is 0. The third kappa shape index (κ3) is 1.65. The average molecular weight is 206 g/mol. The van der Waals surface area contributed by atoms with Gasteiger partial charge in [0, 0.05) is 0 Å². The highest BCUT2D eigenvalue weighted by Gasteiger charge is 2.51. The van der Waals surface area contributed by atoms with Gasteiger partial charge in [0.15, 0.2) is 0 Å². The molecular weight excluding hydrogens is 180 g/mol. The predicted octanol–water partition coefficient (Wildman–Crippen LogP) is 4.49. The van der Waals surface area contributed by atoms with E-state index in [2.05, 4.69) is 20.8 Å². The molecule has 0 amide bonds. The summed E-state index contributed by atoms with van der Waals surface area (Å²) in [5.41, 5.74) is 0.558. The second-order valence-corrected chi connectivity index (χ2v) is 7.67. The molecule has 15 heavy (non-hydrogen) atoms. The Morgan fingerprint density at radius 3 is 1.87 bits per heavy atom. The molecule has 4 bridgehead atoms. The van der Waals surface area contributed by atoms with Gasteiger partial charge in [-0.25, -0.2) is 0 Å². The second-order valence-electron chi connectivity index (χ2n) is 7.67. The molecule has 4 atom stereocenters. The lowest BCUT2D eigenvalue weighted by Crippen LogP contribution is -2.50. The molecule has 0 aliphatic heterocycles. The van der Waals surface area contributed by atoms with E-state index < -0.39 is 0 Å². The lowest BCUT2D eigenvalue weighted by Gasteiger charge is -2.58. The molecule has 5 rings (SSSR count). The van der Waals surface area contributed by atoms with Crippen LogP contribution in [-0.4, -0.2) is 0 Å². The van der Waals surface area contributed by atoms with Crippen molar-refractivity contribution in [3.05, 3.63) is 0 Å². The molecule has 0 aromatic rings. The molecule has 0 heterocycles. The van der Waals surface area contributed by atoms with Crippen LogP contribution in [0.2, 0.25) is 0 Å². The topological polar surface area (TPSA) is 0 Å². The van der Waals surface area contributed by atoms with Gasteiger partial charge in [-0.3, -0.25) is 0 Å². The van der Waals surface area contributed by atoms with Gasteiger partial charge in [-0.05, 0) is 73.5 Å². The zero-order valence-corrected chi connectivity index (χ0v) is 10.6. The van der Waals surface area contributed by atoms with Crippen LogP contribution < -0.4 is 0 Å². The molecule has 5 aliphatic carbocycles. The van der Waals surface area contributed by atoms with Crippen molar-refractivity contribution in [2.75, 3.05) is 0 Å². The van der Waals surface area contributed by atoms with Gasteiger partial charge in [0.2, 0.25) is 0 Å². The number of hydrogen-bond donors (Lipinski definition) is 0. The van der Waals surface area contributed by atoms with Crippen LogP contribution in [0.3, 0.4) is 0 Å². The number of hydrogen-bond acceptors (Lipinski definition) is 0. The lowest BCUT2D eigenvalue weighted by atomic mass is 9.47. The Kier molecular flexibility index (Phi) is 2.20. The maximum absolute atomic E-state index is 2.43. The van der Waals surface area contributed by atoms with E-state index in [-0.39, 0.29) is 0 Å². The molecule has 0 saturated heterocycles. The van der Waals surface area contributed by atoms with Gasteiger partial charge >= 0.3 is 0 Å². The highest BCUT2D eigenvalue weighted by Crippen LogP contribution is 2.60. The number of fused-ring (bicyclic) bond motifs is 2. The minimum absolute atomic E-state index is 0.558. The molecule has 0 spiro atoms. The first kappa shape index (κ1) is 10.2. The largest absolute Gasteiger partial charge is 0.0602 e. The van der Waals surface area contributed by atoms with E-state index in [1.165, 1.54) is 6.42 Å². The molecule has 0 N–H and O–H groups in total. The minimum atomic E-state index is 0.558. The summed E-state index contributed by atoms with van der Waals surface area (Å²) >= 11 is 0. The Labute approximate surface area is 94.8 Å². The highest BCUT2D eigenvalue weighted by atomic mass is 14.6. The standard InChI is InChI=1S/C15H26/c1-15(2,3)9-14-12-6-4-10-8-11(12)5-7-13(10)14/h10-14H,4-9H2,1-3H3. The van der Waals surface area contributed by atoms with E-state index in [0.29, 0.717) is 5.41 Å². The Balaban J connectivity index is 1.80. The zero-order valence-electron chi connectivity index (χ0n) is 10.6. The summed E-state index contributed by atoms with van der Waals surface area (Å²) in [7, 11) is 0. The van der Waals surface area contributed by atoms with Crippen LogP contribution in [0, 0.1) is 35.0 Å². The van der Waals surface area contributed by atoms with Crippen LogP contribution in [-0.2, 0) is 0 Å². The lowest BCUT2D eigenvalue weighted by molar-refractivity contribution is -0.0884. The van der Waals surface area contributed by atoms with E-state index in [4.69, 9.17) is 0 Å². The molecule has 86 valence electrons. The third-order valence-electron chi connectivity index (χ3n) is 5.51. The first-order valence-electron chi connectivity index (χ1n) is 7.04. The van der Waals surface area contributed by atoms with Gasteiger partial charge in [-0.2, -0.15) is 0 Å². The maximum Gasteiger partial charge on any atom is -0.0347 e. The first-order chi connectivity index (χ1) is 7.04. The summed E-state index contributed by atoms with van der Waals surface area (Å²) in [5.74, 6) is 5.65. The van der Waals surface area contributed by atoms with E-state index >= 15 is 0 Å². The fourth-order valence-corrected chi connectivity index (χ4v) is 5.14. The van der Waals surface area contributed by atoms with Crippen molar-refractivity contribution >= 4 is 0 Å². The monoisotopic (exact) mass is 206 g/mol. The fraction of sp³-hybridized carbons (Fsp3) is 1.00. The summed E-state index contributed by atoms with van der Waals surface area (Å²) in [6.07, 6.45) is 9.41. The van der Waals surface area contributed by atoms with Crippen molar-refractivity contribution in [3.63, 3.8) is 0 Å². The average Bonchev–Trinajstić information content (AvgIpc) is 2.15. The van der Waals surface area contributed by atoms with Crippen LogP contribution in [0.25, 0.3) is 0 Å². The summed E-state index contributed by atoms with van der Waals surface area (Å²) in [4.78, 5) is 0. The molecule has 0 radical (unpaired) electrons. The fourth-order valence-electron chi connectivity index (χ4n) is 5.14. The Morgan fingerprint density at radius 2 is 1.40 bits per heavy atom. The van der Waals surface area contributed by atoms with Crippen molar-refractivity contribution in [2.24, 2.45) is 35.0 Å². The van der Waals surface area contributed by atoms with Crippen LogP contribution in [0.5, 0.6) is 0 Å². The second kappa shape index (κ2) is 3.25.